The van der Waals surface area contributed by atoms with E-state index in [0.29, 0.717) is 18.4 Å². The van der Waals surface area contributed by atoms with Gasteiger partial charge in [0, 0.05) is 12.2 Å². The number of anilines is 1. The molecule has 0 heterocycles. The lowest BCUT2D eigenvalue weighted by Gasteiger charge is -2.38. The highest BCUT2D eigenvalue weighted by Crippen LogP contribution is 2.28. The molecule has 2 nitrogen and oxygen atoms in total. The molecule has 0 fully saturated rings. The molecule has 0 radical (unpaired) electrons. The summed E-state index contributed by atoms with van der Waals surface area (Å²) in [6.45, 7) is 9.33. The molecular weight excluding hydrogens is 239 g/mol. The van der Waals surface area contributed by atoms with E-state index >= 15 is 0 Å². The summed E-state index contributed by atoms with van der Waals surface area (Å²) in [7, 11) is 0. The quantitative estimate of drug-likeness (QED) is 0.782. The van der Waals surface area contributed by atoms with Crippen LogP contribution in [0.2, 0.25) is 0 Å². The van der Waals surface area contributed by atoms with E-state index in [1.165, 1.54) is 12.1 Å². The molecule has 3 heteroatoms. The van der Waals surface area contributed by atoms with Gasteiger partial charge in [0.2, 0.25) is 0 Å². The number of rotatable bonds is 7. The number of hydrogen-bond acceptors (Lipinski definition) is 2. The molecule has 1 rings (SSSR count). The minimum atomic E-state index is -0.218. The Morgan fingerprint density at radius 2 is 1.74 bits per heavy atom. The average Bonchev–Trinajstić information content (AvgIpc) is 2.26. The monoisotopic (exact) mass is 266 g/mol. The molecule has 0 aliphatic carbocycles. The van der Waals surface area contributed by atoms with Crippen LogP contribution in [0.3, 0.4) is 0 Å². The molecule has 0 bridgehead atoms. The zero-order chi connectivity index (χ0) is 14.5. The van der Waals surface area contributed by atoms with E-state index < -0.39 is 0 Å². The first kappa shape index (κ1) is 16.0. The van der Waals surface area contributed by atoms with Crippen molar-refractivity contribution in [2.75, 3.05) is 11.9 Å². The van der Waals surface area contributed by atoms with Crippen molar-refractivity contribution in [3.05, 3.63) is 30.1 Å². The Balaban J connectivity index is 2.94. The van der Waals surface area contributed by atoms with Gasteiger partial charge < -0.3 is 11.1 Å². The molecule has 0 spiro atoms. The standard InChI is InChI=1S/C16H27FN2/c1-12(2)9-16(11-18,10-13(3)4)19-15-7-5-6-14(17)8-15/h5-8,12-13,19H,9-11,18H2,1-4H3. The van der Waals surface area contributed by atoms with Crippen LogP contribution in [-0.2, 0) is 0 Å². The largest absolute Gasteiger partial charge is 0.378 e. The summed E-state index contributed by atoms with van der Waals surface area (Å²) in [5, 5.41) is 3.48. The van der Waals surface area contributed by atoms with Crippen molar-refractivity contribution in [2.45, 2.75) is 46.1 Å². The lowest BCUT2D eigenvalue weighted by molar-refractivity contribution is 0.317. The Hall–Kier alpha value is -1.09. The molecule has 3 N–H and O–H groups in total. The Morgan fingerprint density at radius 3 is 2.16 bits per heavy atom. The van der Waals surface area contributed by atoms with Crippen molar-refractivity contribution in [3.63, 3.8) is 0 Å². The molecule has 0 aromatic heterocycles. The van der Waals surface area contributed by atoms with Crippen molar-refractivity contribution in [2.24, 2.45) is 17.6 Å². The Kier molecular flexibility index (Phi) is 5.80. The smallest absolute Gasteiger partial charge is 0.125 e. The Labute approximate surface area is 116 Å². The highest BCUT2D eigenvalue weighted by atomic mass is 19.1. The van der Waals surface area contributed by atoms with Gasteiger partial charge in [-0.1, -0.05) is 33.8 Å². The number of halogens is 1. The average molecular weight is 266 g/mol. The van der Waals surface area contributed by atoms with Crippen molar-refractivity contribution in [1.29, 1.82) is 0 Å². The zero-order valence-corrected chi connectivity index (χ0v) is 12.5. The molecule has 0 amide bonds. The van der Waals surface area contributed by atoms with Crippen LogP contribution in [0.5, 0.6) is 0 Å². The van der Waals surface area contributed by atoms with E-state index in [4.69, 9.17) is 5.73 Å². The maximum Gasteiger partial charge on any atom is 0.125 e. The molecule has 1 aromatic carbocycles. The van der Waals surface area contributed by atoms with E-state index in [1.807, 2.05) is 6.07 Å². The van der Waals surface area contributed by atoms with E-state index in [-0.39, 0.29) is 11.4 Å². The number of nitrogens with two attached hydrogens (primary N) is 1. The first-order valence-electron chi connectivity index (χ1n) is 7.11. The van der Waals surface area contributed by atoms with Gasteiger partial charge in [-0.25, -0.2) is 4.39 Å². The first-order valence-corrected chi connectivity index (χ1v) is 7.11. The van der Waals surface area contributed by atoms with Crippen molar-refractivity contribution in [3.8, 4) is 0 Å². The van der Waals surface area contributed by atoms with Crippen LogP contribution in [-0.4, -0.2) is 12.1 Å². The number of benzene rings is 1. The Morgan fingerprint density at radius 1 is 1.16 bits per heavy atom. The molecule has 0 aliphatic heterocycles. The summed E-state index contributed by atoms with van der Waals surface area (Å²) < 4.78 is 13.3. The number of nitrogens with one attached hydrogen (secondary N) is 1. The fourth-order valence-electron chi connectivity index (χ4n) is 2.84. The highest BCUT2D eigenvalue weighted by molar-refractivity contribution is 5.46. The number of hydrogen-bond donors (Lipinski definition) is 2. The van der Waals surface area contributed by atoms with Crippen LogP contribution < -0.4 is 11.1 Å². The molecule has 0 atom stereocenters. The minimum Gasteiger partial charge on any atom is -0.378 e. The van der Waals surface area contributed by atoms with Crippen molar-refractivity contribution in [1.82, 2.24) is 0 Å². The van der Waals surface area contributed by atoms with Gasteiger partial charge in [0.15, 0.2) is 0 Å². The third-order valence-electron chi connectivity index (χ3n) is 3.22. The molecule has 0 aliphatic rings. The fourth-order valence-corrected chi connectivity index (χ4v) is 2.84. The first-order chi connectivity index (χ1) is 8.87. The van der Waals surface area contributed by atoms with E-state index in [1.54, 1.807) is 6.07 Å². The van der Waals surface area contributed by atoms with Crippen molar-refractivity contribution < 1.29 is 4.39 Å². The summed E-state index contributed by atoms with van der Waals surface area (Å²) in [6.07, 6.45) is 1.97. The normalized spacial score (nSPS) is 12.2. The fraction of sp³-hybridized carbons (Fsp3) is 0.625. The lowest BCUT2D eigenvalue weighted by Crippen LogP contribution is -2.47. The van der Waals surface area contributed by atoms with Gasteiger partial charge in [0.25, 0.3) is 0 Å². The topological polar surface area (TPSA) is 38.0 Å². The molecule has 0 unspecified atom stereocenters. The summed E-state index contributed by atoms with van der Waals surface area (Å²) >= 11 is 0. The summed E-state index contributed by atoms with van der Waals surface area (Å²) in [4.78, 5) is 0. The molecular formula is C16H27FN2. The van der Waals surface area contributed by atoms with E-state index in [9.17, 15) is 4.39 Å². The second-order valence-electron chi connectivity index (χ2n) is 6.32. The van der Waals surface area contributed by atoms with Crippen LogP contribution in [0.15, 0.2) is 24.3 Å². The minimum absolute atomic E-state index is 0.157. The molecule has 1 aromatic rings. The van der Waals surface area contributed by atoms with Gasteiger partial charge >= 0.3 is 0 Å². The third kappa shape index (κ3) is 5.19. The zero-order valence-electron chi connectivity index (χ0n) is 12.5. The predicted molar refractivity (Wildman–Crippen MR) is 80.7 cm³/mol. The predicted octanol–water partition coefficient (Wildman–Crippen LogP) is 4.03. The lowest BCUT2D eigenvalue weighted by atomic mass is 9.81. The van der Waals surface area contributed by atoms with Crippen LogP contribution in [0.1, 0.15) is 40.5 Å². The van der Waals surface area contributed by atoms with Crippen LogP contribution in [0.4, 0.5) is 10.1 Å². The second kappa shape index (κ2) is 6.90. The van der Waals surface area contributed by atoms with Crippen LogP contribution in [0.25, 0.3) is 0 Å². The molecule has 108 valence electrons. The second-order valence-corrected chi connectivity index (χ2v) is 6.32. The van der Waals surface area contributed by atoms with Gasteiger partial charge in [0.05, 0.1) is 5.54 Å². The van der Waals surface area contributed by atoms with Gasteiger partial charge in [-0.15, -0.1) is 0 Å². The molecule has 0 saturated carbocycles. The van der Waals surface area contributed by atoms with Crippen molar-refractivity contribution >= 4 is 5.69 Å². The van der Waals surface area contributed by atoms with Crippen LogP contribution in [0, 0.1) is 17.7 Å². The van der Waals surface area contributed by atoms with E-state index in [0.717, 1.165) is 18.5 Å². The van der Waals surface area contributed by atoms with Crippen LogP contribution >= 0.6 is 0 Å². The summed E-state index contributed by atoms with van der Waals surface area (Å²) in [5.74, 6) is 0.872. The van der Waals surface area contributed by atoms with Gasteiger partial charge in [-0.2, -0.15) is 0 Å². The summed E-state index contributed by atoms with van der Waals surface area (Å²) in [6, 6.07) is 6.61. The van der Waals surface area contributed by atoms with Gasteiger partial charge in [-0.05, 0) is 42.9 Å². The highest BCUT2D eigenvalue weighted by Gasteiger charge is 2.30. The summed E-state index contributed by atoms with van der Waals surface area (Å²) in [5.41, 5.74) is 6.69. The van der Waals surface area contributed by atoms with E-state index in [2.05, 4.69) is 33.0 Å². The Bertz CT molecular complexity index is 378. The molecule has 19 heavy (non-hydrogen) atoms. The van der Waals surface area contributed by atoms with Gasteiger partial charge in [-0.3, -0.25) is 0 Å². The third-order valence-corrected chi connectivity index (χ3v) is 3.22. The SMILES string of the molecule is CC(C)CC(CN)(CC(C)C)Nc1cccc(F)c1. The maximum absolute atomic E-state index is 13.3. The molecule has 0 saturated heterocycles. The maximum atomic E-state index is 13.3. The van der Waals surface area contributed by atoms with Gasteiger partial charge in [0.1, 0.15) is 5.82 Å².